The minimum atomic E-state index is -3.83. The van der Waals surface area contributed by atoms with Gasteiger partial charge in [-0.1, -0.05) is 72.8 Å². The Labute approximate surface area is 208 Å². The van der Waals surface area contributed by atoms with E-state index in [1.54, 1.807) is 18.2 Å². The first-order chi connectivity index (χ1) is 17.4. The SMILES string of the molecule is NC1(c2ccc(-c3nc4nc(NS(=O)(=O)c5ccccc5)nn4cc3-c3ccccc3)cc2)CCC1. The van der Waals surface area contributed by atoms with Crippen LogP contribution in [0.3, 0.4) is 0 Å². The molecular formula is C27H24N6O2S. The van der Waals surface area contributed by atoms with Gasteiger partial charge >= 0.3 is 0 Å². The number of sulfonamides is 1. The standard InChI is InChI=1S/C27H24N6O2S/c28-27(16-7-17-27)21-14-12-20(13-15-21)24-23(19-8-3-1-4-9-19)18-33-26(29-24)30-25(31-33)32-36(34,35)22-10-5-2-6-11-22/h1-6,8-15,18H,7,16-17,28H2,(H,31,32). The van der Waals surface area contributed by atoms with Gasteiger partial charge in [-0.2, -0.15) is 4.98 Å². The first-order valence-electron chi connectivity index (χ1n) is 11.7. The molecule has 6 rings (SSSR count). The summed E-state index contributed by atoms with van der Waals surface area (Å²) in [5.74, 6) is 0.238. The van der Waals surface area contributed by atoms with E-state index in [0.717, 1.165) is 47.2 Å². The second kappa shape index (κ2) is 8.54. The lowest BCUT2D eigenvalue weighted by atomic mass is 9.72. The van der Waals surface area contributed by atoms with Crippen molar-refractivity contribution in [1.82, 2.24) is 19.6 Å². The van der Waals surface area contributed by atoms with Crippen LogP contribution in [0.1, 0.15) is 24.8 Å². The third kappa shape index (κ3) is 4.02. The smallest absolute Gasteiger partial charge is 0.264 e. The third-order valence-corrected chi connectivity index (χ3v) is 8.02. The molecule has 36 heavy (non-hydrogen) atoms. The van der Waals surface area contributed by atoms with Crippen LogP contribution in [-0.2, 0) is 15.6 Å². The van der Waals surface area contributed by atoms with E-state index in [-0.39, 0.29) is 22.2 Å². The molecule has 0 radical (unpaired) electrons. The Balaban J connectivity index is 1.43. The number of fused-ring (bicyclic) bond motifs is 1. The first-order valence-corrected chi connectivity index (χ1v) is 13.2. The van der Waals surface area contributed by atoms with Gasteiger partial charge in [0.05, 0.1) is 10.6 Å². The van der Waals surface area contributed by atoms with Gasteiger partial charge in [0.2, 0.25) is 0 Å². The van der Waals surface area contributed by atoms with E-state index in [1.807, 2.05) is 48.7 Å². The van der Waals surface area contributed by atoms with Gasteiger partial charge in [-0.3, -0.25) is 0 Å². The molecule has 9 heteroatoms. The van der Waals surface area contributed by atoms with Crippen molar-refractivity contribution in [2.75, 3.05) is 4.72 Å². The van der Waals surface area contributed by atoms with Crippen molar-refractivity contribution in [2.24, 2.45) is 5.73 Å². The Morgan fingerprint density at radius 2 is 1.50 bits per heavy atom. The van der Waals surface area contributed by atoms with Crippen molar-refractivity contribution in [2.45, 2.75) is 29.7 Å². The molecule has 3 N–H and O–H groups in total. The number of rotatable bonds is 6. The maximum atomic E-state index is 12.8. The molecule has 1 aliphatic rings. The topological polar surface area (TPSA) is 115 Å². The van der Waals surface area contributed by atoms with Crippen LogP contribution in [-0.4, -0.2) is 28.0 Å². The van der Waals surface area contributed by atoms with E-state index in [0.29, 0.717) is 0 Å². The van der Waals surface area contributed by atoms with Crippen LogP contribution >= 0.6 is 0 Å². The first kappa shape index (κ1) is 22.4. The normalized spacial score (nSPS) is 14.9. The molecule has 0 saturated heterocycles. The summed E-state index contributed by atoms with van der Waals surface area (Å²) in [7, 11) is -3.83. The van der Waals surface area contributed by atoms with Crippen LogP contribution in [0, 0.1) is 0 Å². The summed E-state index contributed by atoms with van der Waals surface area (Å²) in [6.45, 7) is 0. The van der Waals surface area contributed by atoms with Gasteiger partial charge in [0.1, 0.15) is 0 Å². The largest absolute Gasteiger partial charge is 0.321 e. The zero-order valence-electron chi connectivity index (χ0n) is 19.4. The summed E-state index contributed by atoms with van der Waals surface area (Å²) >= 11 is 0. The van der Waals surface area contributed by atoms with Gasteiger partial charge in [-0.25, -0.2) is 22.6 Å². The Morgan fingerprint density at radius 3 is 2.14 bits per heavy atom. The van der Waals surface area contributed by atoms with E-state index in [9.17, 15) is 8.42 Å². The quantitative estimate of drug-likeness (QED) is 0.355. The van der Waals surface area contributed by atoms with Gasteiger partial charge in [0.25, 0.3) is 21.7 Å². The van der Waals surface area contributed by atoms with Crippen molar-refractivity contribution in [1.29, 1.82) is 0 Å². The Kier molecular flexibility index (Phi) is 5.31. The zero-order valence-corrected chi connectivity index (χ0v) is 20.2. The minimum Gasteiger partial charge on any atom is -0.321 e. The number of hydrogen-bond acceptors (Lipinski definition) is 6. The van der Waals surface area contributed by atoms with Crippen molar-refractivity contribution in [3.05, 3.63) is 96.7 Å². The maximum Gasteiger partial charge on any atom is 0.264 e. The highest BCUT2D eigenvalue weighted by molar-refractivity contribution is 7.92. The second-order valence-electron chi connectivity index (χ2n) is 9.05. The van der Waals surface area contributed by atoms with Crippen LogP contribution in [0.2, 0.25) is 0 Å². The number of nitrogens with two attached hydrogens (primary N) is 1. The fourth-order valence-electron chi connectivity index (χ4n) is 4.50. The zero-order chi connectivity index (χ0) is 24.8. The van der Waals surface area contributed by atoms with E-state index in [1.165, 1.54) is 16.6 Å². The van der Waals surface area contributed by atoms with Crippen LogP contribution in [0.4, 0.5) is 5.95 Å². The van der Waals surface area contributed by atoms with Crippen LogP contribution in [0.25, 0.3) is 28.2 Å². The summed E-state index contributed by atoms with van der Waals surface area (Å²) in [6.07, 6.45) is 4.96. The second-order valence-corrected chi connectivity index (χ2v) is 10.7. The lowest BCUT2D eigenvalue weighted by molar-refractivity contribution is 0.253. The van der Waals surface area contributed by atoms with E-state index in [2.05, 4.69) is 26.9 Å². The van der Waals surface area contributed by atoms with Crippen LogP contribution in [0.15, 0.2) is 96.0 Å². The van der Waals surface area contributed by atoms with Crippen molar-refractivity contribution >= 4 is 21.7 Å². The van der Waals surface area contributed by atoms with E-state index < -0.39 is 10.0 Å². The fourth-order valence-corrected chi connectivity index (χ4v) is 5.46. The number of nitrogens with zero attached hydrogens (tertiary/aromatic N) is 4. The molecule has 1 fully saturated rings. The molecule has 0 spiro atoms. The summed E-state index contributed by atoms with van der Waals surface area (Å²) in [6, 6.07) is 26.2. The molecule has 5 aromatic rings. The highest BCUT2D eigenvalue weighted by Crippen LogP contribution is 2.39. The number of anilines is 1. The summed E-state index contributed by atoms with van der Waals surface area (Å²) < 4.78 is 29.5. The average molecular weight is 497 g/mol. The van der Waals surface area contributed by atoms with Gasteiger partial charge in [0, 0.05) is 22.9 Å². The van der Waals surface area contributed by atoms with E-state index >= 15 is 0 Å². The Hall–Kier alpha value is -4.08. The highest BCUT2D eigenvalue weighted by atomic mass is 32.2. The van der Waals surface area contributed by atoms with Crippen molar-refractivity contribution in [3.8, 4) is 22.4 Å². The number of aromatic nitrogens is 4. The maximum absolute atomic E-state index is 12.8. The van der Waals surface area contributed by atoms with Gasteiger partial charge in [-0.05, 0) is 42.5 Å². The van der Waals surface area contributed by atoms with Gasteiger partial charge < -0.3 is 5.73 Å². The number of nitrogens with one attached hydrogen (secondary N) is 1. The molecule has 1 aliphatic carbocycles. The third-order valence-electron chi connectivity index (χ3n) is 6.67. The lowest BCUT2D eigenvalue weighted by Gasteiger charge is -2.38. The molecule has 2 aromatic heterocycles. The summed E-state index contributed by atoms with van der Waals surface area (Å²) in [5.41, 5.74) is 10.8. The van der Waals surface area contributed by atoms with E-state index in [4.69, 9.17) is 10.7 Å². The molecule has 2 heterocycles. The predicted octanol–water partition coefficient (Wildman–Crippen LogP) is 4.60. The fraction of sp³-hybridized carbons (Fsp3) is 0.148. The van der Waals surface area contributed by atoms with Crippen LogP contribution < -0.4 is 10.5 Å². The average Bonchev–Trinajstić information content (AvgIpc) is 3.28. The number of hydrogen-bond donors (Lipinski definition) is 2. The minimum absolute atomic E-state index is 0.0482. The van der Waals surface area contributed by atoms with Crippen LogP contribution in [0.5, 0.6) is 0 Å². The molecule has 0 amide bonds. The molecule has 0 aliphatic heterocycles. The molecule has 1 saturated carbocycles. The molecule has 0 bridgehead atoms. The summed E-state index contributed by atoms with van der Waals surface area (Å²) in [5, 5.41) is 4.35. The monoisotopic (exact) mass is 496 g/mol. The predicted molar refractivity (Wildman–Crippen MR) is 139 cm³/mol. The molecule has 8 nitrogen and oxygen atoms in total. The van der Waals surface area contributed by atoms with Gasteiger partial charge in [0.15, 0.2) is 0 Å². The highest BCUT2D eigenvalue weighted by Gasteiger charge is 2.34. The molecule has 3 aromatic carbocycles. The summed E-state index contributed by atoms with van der Waals surface area (Å²) in [4.78, 5) is 9.28. The lowest BCUT2D eigenvalue weighted by Crippen LogP contribution is -2.43. The molecule has 180 valence electrons. The molecule has 0 atom stereocenters. The molecular weight excluding hydrogens is 472 g/mol. The van der Waals surface area contributed by atoms with Gasteiger partial charge in [-0.15, -0.1) is 5.10 Å². The van der Waals surface area contributed by atoms with Crippen molar-refractivity contribution in [3.63, 3.8) is 0 Å². The van der Waals surface area contributed by atoms with Crippen molar-refractivity contribution < 1.29 is 8.42 Å². The Morgan fingerprint density at radius 1 is 0.833 bits per heavy atom. The molecule has 0 unspecified atom stereocenters. The Bertz CT molecular complexity index is 1650. The number of benzene rings is 3.